The van der Waals surface area contributed by atoms with Crippen LogP contribution in [-0.4, -0.2) is 0 Å². The van der Waals surface area contributed by atoms with Crippen LogP contribution in [0.5, 0.6) is 0 Å². The van der Waals surface area contributed by atoms with Crippen LogP contribution in [0, 0.1) is 6.92 Å². The van der Waals surface area contributed by atoms with E-state index in [1.807, 2.05) is 24.3 Å². The first kappa shape index (κ1) is 14.2. The van der Waals surface area contributed by atoms with E-state index in [-0.39, 0.29) is 0 Å². The van der Waals surface area contributed by atoms with Crippen LogP contribution in [-0.2, 0) is 0 Å². The van der Waals surface area contributed by atoms with Crippen molar-refractivity contribution in [3.63, 3.8) is 0 Å². The quantitative estimate of drug-likeness (QED) is 0.615. The lowest BCUT2D eigenvalue weighted by Crippen LogP contribution is -1.98. The molecule has 1 N–H and O–H groups in total. The van der Waals surface area contributed by atoms with Crippen LogP contribution in [0.2, 0.25) is 0 Å². The van der Waals surface area contributed by atoms with Crippen molar-refractivity contribution in [1.29, 1.82) is 0 Å². The summed E-state index contributed by atoms with van der Waals surface area (Å²) in [5.41, 5.74) is 5.81. The molecule has 0 saturated heterocycles. The Hall–Kier alpha value is -2.80. The third-order valence-electron chi connectivity index (χ3n) is 3.53. The van der Waals surface area contributed by atoms with Gasteiger partial charge >= 0.3 is 0 Å². The van der Waals surface area contributed by atoms with Crippen molar-refractivity contribution in [2.75, 3.05) is 5.32 Å². The van der Waals surface area contributed by atoms with E-state index in [1.165, 1.54) is 16.7 Å². The van der Waals surface area contributed by atoms with E-state index in [1.54, 1.807) is 0 Å². The Morgan fingerprint density at radius 2 is 1.32 bits per heavy atom. The van der Waals surface area contributed by atoms with Gasteiger partial charge in [-0.2, -0.15) is 0 Å². The van der Waals surface area contributed by atoms with Crippen LogP contribution >= 0.6 is 0 Å². The minimum absolute atomic E-state index is 1.09. The summed E-state index contributed by atoms with van der Waals surface area (Å²) in [4.78, 5) is 0. The number of anilines is 1. The van der Waals surface area contributed by atoms with Gasteiger partial charge in [-0.3, -0.25) is 0 Å². The molecule has 0 radical (unpaired) electrons. The molecule has 0 aliphatic rings. The lowest BCUT2D eigenvalue weighted by molar-refractivity contribution is 1.44. The Morgan fingerprint density at radius 3 is 1.95 bits per heavy atom. The van der Waals surface area contributed by atoms with Crippen LogP contribution in [0.1, 0.15) is 16.7 Å². The van der Waals surface area contributed by atoms with Gasteiger partial charge in [-0.25, -0.2) is 0 Å². The Bertz CT molecular complexity index is 741. The van der Waals surface area contributed by atoms with Gasteiger partial charge in [0.1, 0.15) is 0 Å². The van der Waals surface area contributed by atoms with Crippen molar-refractivity contribution in [3.8, 4) is 0 Å². The Morgan fingerprint density at radius 1 is 0.727 bits per heavy atom. The van der Waals surface area contributed by atoms with Gasteiger partial charge in [-0.05, 0) is 36.3 Å². The minimum Gasteiger partial charge on any atom is -0.355 e. The standard InChI is InChI=1S/C21H19N/c1-17-12-14-19(15-13-17)21(16-18-8-4-2-5-9-18)22-20-10-6-3-7-11-20/h2-16,22H,1H3. The van der Waals surface area contributed by atoms with E-state index < -0.39 is 0 Å². The molecule has 3 rings (SSSR count). The summed E-state index contributed by atoms with van der Waals surface area (Å²) in [5.74, 6) is 0. The molecule has 0 saturated carbocycles. The number of benzene rings is 3. The van der Waals surface area contributed by atoms with Gasteiger partial charge in [-0.1, -0.05) is 78.4 Å². The lowest BCUT2D eigenvalue weighted by Gasteiger charge is -2.12. The predicted molar refractivity (Wildman–Crippen MR) is 95.6 cm³/mol. The van der Waals surface area contributed by atoms with Gasteiger partial charge < -0.3 is 5.32 Å². The zero-order valence-electron chi connectivity index (χ0n) is 12.7. The molecule has 0 spiro atoms. The van der Waals surface area contributed by atoms with Gasteiger partial charge in [0.05, 0.1) is 0 Å². The fourth-order valence-corrected chi connectivity index (χ4v) is 2.32. The van der Waals surface area contributed by atoms with Crippen molar-refractivity contribution in [2.24, 2.45) is 0 Å². The number of hydrogen-bond acceptors (Lipinski definition) is 1. The molecule has 1 heteroatoms. The molecule has 0 atom stereocenters. The zero-order valence-corrected chi connectivity index (χ0v) is 12.7. The Labute approximate surface area is 132 Å². The van der Waals surface area contributed by atoms with Gasteiger partial charge in [0.25, 0.3) is 0 Å². The highest BCUT2D eigenvalue weighted by Gasteiger charge is 2.02. The molecule has 1 nitrogen and oxygen atoms in total. The summed E-state index contributed by atoms with van der Waals surface area (Å²) >= 11 is 0. The van der Waals surface area contributed by atoms with E-state index in [9.17, 15) is 0 Å². The Kier molecular flexibility index (Phi) is 4.35. The van der Waals surface area contributed by atoms with Crippen molar-refractivity contribution in [2.45, 2.75) is 6.92 Å². The van der Waals surface area contributed by atoms with Gasteiger partial charge in [0, 0.05) is 11.4 Å². The van der Waals surface area contributed by atoms with Crippen LogP contribution in [0.25, 0.3) is 11.8 Å². The van der Waals surface area contributed by atoms with Crippen molar-refractivity contribution in [3.05, 3.63) is 102 Å². The van der Waals surface area contributed by atoms with Crippen molar-refractivity contribution >= 4 is 17.5 Å². The zero-order chi connectivity index (χ0) is 15.2. The summed E-state index contributed by atoms with van der Waals surface area (Å²) in [6.07, 6.45) is 2.18. The third kappa shape index (κ3) is 3.64. The summed E-state index contributed by atoms with van der Waals surface area (Å²) in [5, 5.41) is 3.52. The molecule has 0 aromatic heterocycles. The van der Waals surface area contributed by atoms with E-state index >= 15 is 0 Å². The fourth-order valence-electron chi connectivity index (χ4n) is 2.32. The topological polar surface area (TPSA) is 12.0 Å². The highest BCUT2D eigenvalue weighted by atomic mass is 14.9. The van der Waals surface area contributed by atoms with Gasteiger partial charge in [0.2, 0.25) is 0 Å². The first-order valence-corrected chi connectivity index (χ1v) is 7.47. The molecular weight excluding hydrogens is 266 g/mol. The number of aryl methyl sites for hydroxylation is 1. The first-order valence-electron chi connectivity index (χ1n) is 7.47. The Balaban J connectivity index is 1.98. The maximum atomic E-state index is 3.52. The number of para-hydroxylation sites is 1. The summed E-state index contributed by atoms with van der Waals surface area (Å²) < 4.78 is 0. The average Bonchev–Trinajstić information content (AvgIpc) is 2.57. The smallest absolute Gasteiger partial charge is 0.0463 e. The van der Waals surface area contributed by atoms with E-state index in [4.69, 9.17) is 0 Å². The van der Waals surface area contributed by atoms with Crippen LogP contribution < -0.4 is 5.32 Å². The maximum Gasteiger partial charge on any atom is 0.0463 e. The second kappa shape index (κ2) is 6.77. The highest BCUT2D eigenvalue weighted by molar-refractivity contribution is 5.88. The van der Waals surface area contributed by atoms with Crippen LogP contribution in [0.15, 0.2) is 84.9 Å². The second-order valence-corrected chi connectivity index (χ2v) is 5.33. The summed E-state index contributed by atoms with van der Waals surface area (Å²) in [7, 11) is 0. The molecule has 22 heavy (non-hydrogen) atoms. The monoisotopic (exact) mass is 285 g/mol. The van der Waals surface area contributed by atoms with Crippen molar-refractivity contribution < 1.29 is 0 Å². The van der Waals surface area contributed by atoms with Crippen LogP contribution in [0.3, 0.4) is 0 Å². The molecular formula is C21H19N. The molecule has 0 fully saturated rings. The number of nitrogens with one attached hydrogen (secondary N) is 1. The molecule has 3 aromatic carbocycles. The van der Waals surface area contributed by atoms with Crippen LogP contribution in [0.4, 0.5) is 5.69 Å². The molecule has 0 bridgehead atoms. The molecule has 0 aliphatic carbocycles. The SMILES string of the molecule is Cc1ccc(C(=Cc2ccccc2)Nc2ccccc2)cc1. The first-order chi connectivity index (χ1) is 10.8. The predicted octanol–water partition coefficient (Wildman–Crippen LogP) is 5.61. The average molecular weight is 285 g/mol. The summed E-state index contributed by atoms with van der Waals surface area (Å²) in [6, 6.07) is 29.2. The lowest BCUT2D eigenvalue weighted by atomic mass is 10.1. The van der Waals surface area contributed by atoms with Gasteiger partial charge in [-0.15, -0.1) is 0 Å². The van der Waals surface area contributed by atoms with Crippen molar-refractivity contribution in [1.82, 2.24) is 0 Å². The molecule has 0 unspecified atom stereocenters. The third-order valence-corrected chi connectivity index (χ3v) is 3.53. The summed E-state index contributed by atoms with van der Waals surface area (Å²) in [6.45, 7) is 2.11. The highest BCUT2D eigenvalue weighted by Crippen LogP contribution is 2.21. The van der Waals surface area contributed by atoms with Gasteiger partial charge in [0.15, 0.2) is 0 Å². The number of rotatable bonds is 4. The molecule has 0 amide bonds. The number of hydrogen-bond donors (Lipinski definition) is 1. The maximum absolute atomic E-state index is 3.52. The van der Waals surface area contributed by atoms with E-state index in [0.29, 0.717) is 0 Å². The molecule has 108 valence electrons. The largest absolute Gasteiger partial charge is 0.355 e. The molecule has 0 heterocycles. The fraction of sp³-hybridized carbons (Fsp3) is 0.0476. The van der Waals surface area contributed by atoms with E-state index in [2.05, 4.69) is 79.0 Å². The second-order valence-electron chi connectivity index (χ2n) is 5.33. The minimum atomic E-state index is 1.09. The molecule has 0 aliphatic heterocycles. The molecule has 3 aromatic rings. The normalized spacial score (nSPS) is 11.2. The van der Waals surface area contributed by atoms with E-state index in [0.717, 1.165) is 11.4 Å².